The first kappa shape index (κ1) is 15.6. The average molecular weight is 311 g/mol. The van der Waals surface area contributed by atoms with E-state index < -0.39 is 0 Å². The van der Waals surface area contributed by atoms with Crippen LogP contribution in [0, 0.1) is 6.92 Å². The zero-order valence-electron chi connectivity index (χ0n) is 13.3. The van der Waals surface area contributed by atoms with Gasteiger partial charge in [-0.25, -0.2) is 0 Å². The molecule has 1 saturated heterocycles. The molecule has 0 radical (unpaired) electrons. The van der Waals surface area contributed by atoms with E-state index in [1.54, 1.807) is 0 Å². The zero-order valence-corrected chi connectivity index (χ0v) is 13.3. The molecule has 1 amide bonds. The van der Waals surface area contributed by atoms with Gasteiger partial charge in [0.25, 0.3) is 5.91 Å². The largest absolute Gasteiger partial charge is 0.484 e. The molecule has 23 heavy (non-hydrogen) atoms. The highest BCUT2D eigenvalue weighted by Crippen LogP contribution is 2.22. The van der Waals surface area contributed by atoms with Crippen LogP contribution in [0.5, 0.6) is 5.75 Å². The quantitative estimate of drug-likeness (QED) is 0.871. The number of morpholine rings is 1. The van der Waals surface area contributed by atoms with Crippen molar-refractivity contribution < 1.29 is 14.3 Å². The predicted octanol–water partition coefficient (Wildman–Crippen LogP) is 2.97. The molecule has 2 aromatic carbocycles. The van der Waals surface area contributed by atoms with Gasteiger partial charge in [-0.2, -0.15) is 0 Å². The standard InChI is InChI=1S/C19H21NO3/c1-15-7-9-17(10-8-15)23-14-19(21)20-11-12-22-18(13-20)16-5-3-2-4-6-16/h2-10,18H,11-14H2,1H3. The minimum absolute atomic E-state index is 0.00481. The van der Waals surface area contributed by atoms with E-state index in [2.05, 4.69) is 0 Å². The van der Waals surface area contributed by atoms with Gasteiger partial charge in [0.1, 0.15) is 11.9 Å². The van der Waals surface area contributed by atoms with E-state index in [1.165, 1.54) is 5.56 Å². The molecule has 4 nitrogen and oxygen atoms in total. The molecule has 4 heteroatoms. The van der Waals surface area contributed by atoms with Crippen LogP contribution < -0.4 is 4.74 Å². The van der Waals surface area contributed by atoms with Crippen LogP contribution in [0.15, 0.2) is 54.6 Å². The molecular formula is C19H21NO3. The first-order valence-electron chi connectivity index (χ1n) is 7.86. The summed E-state index contributed by atoms with van der Waals surface area (Å²) in [5, 5.41) is 0. The number of benzene rings is 2. The average Bonchev–Trinajstić information content (AvgIpc) is 2.62. The van der Waals surface area contributed by atoms with Gasteiger partial charge in [-0.1, -0.05) is 48.0 Å². The lowest BCUT2D eigenvalue weighted by Gasteiger charge is -2.33. The maximum atomic E-state index is 12.4. The lowest BCUT2D eigenvalue weighted by atomic mass is 10.1. The highest BCUT2D eigenvalue weighted by Gasteiger charge is 2.25. The van der Waals surface area contributed by atoms with E-state index in [9.17, 15) is 4.79 Å². The van der Waals surface area contributed by atoms with Gasteiger partial charge in [-0.05, 0) is 24.6 Å². The third-order valence-corrected chi connectivity index (χ3v) is 3.97. The Hall–Kier alpha value is -2.33. The van der Waals surface area contributed by atoms with E-state index in [-0.39, 0.29) is 18.6 Å². The van der Waals surface area contributed by atoms with E-state index in [4.69, 9.17) is 9.47 Å². The van der Waals surface area contributed by atoms with Crippen LogP contribution in [0.25, 0.3) is 0 Å². The van der Waals surface area contributed by atoms with Crippen molar-refractivity contribution in [2.75, 3.05) is 26.3 Å². The summed E-state index contributed by atoms with van der Waals surface area (Å²) in [6.07, 6.45) is -0.0618. The maximum Gasteiger partial charge on any atom is 0.260 e. The molecule has 1 unspecified atom stereocenters. The minimum atomic E-state index is -0.0618. The summed E-state index contributed by atoms with van der Waals surface area (Å²) in [5.74, 6) is 0.714. The highest BCUT2D eigenvalue weighted by atomic mass is 16.5. The topological polar surface area (TPSA) is 38.8 Å². The fraction of sp³-hybridized carbons (Fsp3) is 0.316. The van der Waals surface area contributed by atoms with Crippen molar-refractivity contribution in [1.82, 2.24) is 4.90 Å². The minimum Gasteiger partial charge on any atom is -0.484 e. The van der Waals surface area contributed by atoms with E-state index >= 15 is 0 Å². The number of hydrogen-bond donors (Lipinski definition) is 0. The van der Waals surface area contributed by atoms with E-state index in [0.29, 0.717) is 19.7 Å². The van der Waals surface area contributed by atoms with Crippen molar-refractivity contribution in [2.24, 2.45) is 0 Å². The normalized spacial score (nSPS) is 17.8. The number of ether oxygens (including phenoxy) is 2. The molecule has 0 aromatic heterocycles. The molecule has 1 atom stereocenters. The SMILES string of the molecule is Cc1ccc(OCC(=O)N2CCOC(c3ccccc3)C2)cc1. The molecule has 0 spiro atoms. The second-order valence-electron chi connectivity index (χ2n) is 5.71. The molecule has 3 rings (SSSR count). The number of amides is 1. The number of nitrogens with zero attached hydrogens (tertiary/aromatic N) is 1. The highest BCUT2D eigenvalue weighted by molar-refractivity contribution is 5.78. The maximum absolute atomic E-state index is 12.4. The molecule has 0 aliphatic carbocycles. The predicted molar refractivity (Wildman–Crippen MR) is 88.4 cm³/mol. The van der Waals surface area contributed by atoms with Crippen LogP contribution >= 0.6 is 0 Å². The second kappa shape index (κ2) is 7.29. The Kier molecular flexibility index (Phi) is 4.93. The summed E-state index contributed by atoms with van der Waals surface area (Å²) in [5.41, 5.74) is 2.27. The lowest BCUT2D eigenvalue weighted by molar-refractivity contribution is -0.141. The summed E-state index contributed by atoms with van der Waals surface area (Å²) in [4.78, 5) is 14.2. The van der Waals surface area contributed by atoms with Gasteiger partial charge in [0.05, 0.1) is 13.2 Å². The van der Waals surface area contributed by atoms with Crippen LogP contribution in [0.1, 0.15) is 17.2 Å². The van der Waals surface area contributed by atoms with Crippen molar-refractivity contribution in [3.05, 3.63) is 65.7 Å². The third kappa shape index (κ3) is 4.11. The van der Waals surface area contributed by atoms with Gasteiger partial charge in [-0.15, -0.1) is 0 Å². The molecule has 1 fully saturated rings. The summed E-state index contributed by atoms with van der Waals surface area (Å²) in [7, 11) is 0. The number of rotatable bonds is 4. The van der Waals surface area contributed by atoms with Gasteiger partial charge in [0.2, 0.25) is 0 Å². The first-order valence-corrected chi connectivity index (χ1v) is 7.86. The number of carbonyl (C=O) groups is 1. The molecule has 120 valence electrons. The lowest BCUT2D eigenvalue weighted by Crippen LogP contribution is -2.44. The van der Waals surface area contributed by atoms with Crippen molar-refractivity contribution in [3.8, 4) is 5.75 Å². The molecule has 1 aliphatic rings. The smallest absolute Gasteiger partial charge is 0.260 e. The summed E-state index contributed by atoms with van der Waals surface area (Å²) in [6.45, 7) is 3.81. The van der Waals surface area contributed by atoms with Crippen LogP contribution in [0.3, 0.4) is 0 Å². The molecule has 2 aromatic rings. The monoisotopic (exact) mass is 311 g/mol. The van der Waals surface area contributed by atoms with Crippen LogP contribution in [-0.2, 0) is 9.53 Å². The number of hydrogen-bond acceptors (Lipinski definition) is 3. The van der Waals surface area contributed by atoms with Crippen molar-refractivity contribution in [1.29, 1.82) is 0 Å². The van der Waals surface area contributed by atoms with E-state index in [1.807, 2.05) is 66.4 Å². The van der Waals surface area contributed by atoms with Gasteiger partial charge in [0, 0.05) is 6.54 Å². The molecular weight excluding hydrogens is 290 g/mol. The fourth-order valence-corrected chi connectivity index (χ4v) is 2.62. The Morgan fingerprint density at radius 2 is 1.91 bits per heavy atom. The van der Waals surface area contributed by atoms with Gasteiger partial charge < -0.3 is 14.4 Å². The molecule has 0 N–H and O–H groups in total. The third-order valence-electron chi connectivity index (χ3n) is 3.97. The van der Waals surface area contributed by atoms with Gasteiger partial charge in [0.15, 0.2) is 6.61 Å². The summed E-state index contributed by atoms with van der Waals surface area (Å²) >= 11 is 0. The molecule has 0 saturated carbocycles. The van der Waals surface area contributed by atoms with E-state index in [0.717, 1.165) is 11.3 Å². The Bertz CT molecular complexity index is 639. The molecule has 1 aliphatic heterocycles. The Morgan fingerprint density at radius 3 is 2.65 bits per heavy atom. The van der Waals surface area contributed by atoms with Crippen LogP contribution in [-0.4, -0.2) is 37.1 Å². The number of aryl methyl sites for hydroxylation is 1. The van der Waals surface area contributed by atoms with Crippen LogP contribution in [0.2, 0.25) is 0 Å². The van der Waals surface area contributed by atoms with Crippen molar-refractivity contribution >= 4 is 5.91 Å². The Labute approximate surface area is 136 Å². The van der Waals surface area contributed by atoms with Gasteiger partial charge in [-0.3, -0.25) is 4.79 Å². The summed E-state index contributed by atoms with van der Waals surface area (Å²) in [6, 6.07) is 17.7. The molecule has 1 heterocycles. The molecule has 0 bridgehead atoms. The van der Waals surface area contributed by atoms with Crippen LogP contribution in [0.4, 0.5) is 0 Å². The summed E-state index contributed by atoms with van der Waals surface area (Å²) < 4.78 is 11.4. The zero-order chi connectivity index (χ0) is 16.1. The number of carbonyl (C=O) groups excluding carboxylic acids is 1. The fourth-order valence-electron chi connectivity index (χ4n) is 2.62. The Morgan fingerprint density at radius 1 is 1.17 bits per heavy atom. The van der Waals surface area contributed by atoms with Crippen molar-refractivity contribution in [2.45, 2.75) is 13.0 Å². The first-order chi connectivity index (χ1) is 11.2. The van der Waals surface area contributed by atoms with Gasteiger partial charge >= 0.3 is 0 Å². The Balaban J connectivity index is 1.55. The van der Waals surface area contributed by atoms with Crippen molar-refractivity contribution in [3.63, 3.8) is 0 Å². The second-order valence-corrected chi connectivity index (χ2v) is 5.71.